The molecule has 1 amide bonds. The zero-order chi connectivity index (χ0) is 19.4. The van der Waals surface area contributed by atoms with E-state index in [2.05, 4.69) is 32.2 Å². The molecule has 2 aromatic rings. The van der Waals surface area contributed by atoms with Crippen molar-refractivity contribution in [2.24, 2.45) is 0 Å². The number of nitrogens with one attached hydrogen (secondary N) is 1. The summed E-state index contributed by atoms with van der Waals surface area (Å²) in [5.41, 5.74) is 9.39. The molecule has 0 radical (unpaired) electrons. The number of anilines is 1. The summed E-state index contributed by atoms with van der Waals surface area (Å²) in [6, 6.07) is 9.38. The number of benzene rings is 2. The molecule has 0 saturated carbocycles. The van der Waals surface area contributed by atoms with E-state index >= 15 is 0 Å². The van der Waals surface area contributed by atoms with E-state index in [1.54, 1.807) is 26.4 Å². The van der Waals surface area contributed by atoms with Crippen LogP contribution in [0.1, 0.15) is 21.5 Å². The molecule has 3 rings (SSSR count). The van der Waals surface area contributed by atoms with Crippen LogP contribution < -0.4 is 20.5 Å². The third-order valence-corrected chi connectivity index (χ3v) is 5.26. The van der Waals surface area contributed by atoms with Gasteiger partial charge in [0.2, 0.25) is 0 Å². The third-order valence-electron chi connectivity index (χ3n) is 4.77. The first-order valence-corrected chi connectivity index (χ1v) is 9.60. The third kappa shape index (κ3) is 4.54. The first-order chi connectivity index (χ1) is 13.0. The van der Waals surface area contributed by atoms with Crippen LogP contribution in [0.4, 0.5) is 5.69 Å². The Balaban J connectivity index is 1.57. The highest BCUT2D eigenvalue weighted by molar-refractivity contribution is 9.10. The number of nitrogen functional groups attached to an aromatic ring is 1. The number of carbonyl (C=O) groups excluding carboxylic acids is 1. The molecule has 27 heavy (non-hydrogen) atoms. The second-order valence-electron chi connectivity index (χ2n) is 6.49. The summed E-state index contributed by atoms with van der Waals surface area (Å²) in [7, 11) is 3.30. The number of hydrogen-bond acceptors (Lipinski definition) is 5. The van der Waals surface area contributed by atoms with Gasteiger partial charge in [-0.25, -0.2) is 0 Å². The average Bonchev–Trinajstić information content (AvgIpc) is 2.68. The average molecular weight is 434 g/mol. The van der Waals surface area contributed by atoms with Crippen molar-refractivity contribution in [2.75, 3.05) is 39.6 Å². The number of amides is 1. The summed E-state index contributed by atoms with van der Waals surface area (Å²) in [4.78, 5) is 14.7. The molecule has 1 aliphatic rings. The van der Waals surface area contributed by atoms with E-state index in [-0.39, 0.29) is 5.91 Å². The van der Waals surface area contributed by atoms with Crippen molar-refractivity contribution in [3.8, 4) is 11.5 Å². The van der Waals surface area contributed by atoms with E-state index in [4.69, 9.17) is 15.2 Å². The normalized spacial score (nSPS) is 13.7. The number of nitrogens with two attached hydrogens (primary N) is 1. The lowest BCUT2D eigenvalue weighted by Gasteiger charge is -2.29. The fourth-order valence-electron chi connectivity index (χ4n) is 3.28. The van der Waals surface area contributed by atoms with E-state index in [9.17, 15) is 4.79 Å². The van der Waals surface area contributed by atoms with Gasteiger partial charge < -0.3 is 20.5 Å². The Kier molecular flexibility index (Phi) is 6.23. The molecule has 0 spiro atoms. The van der Waals surface area contributed by atoms with Crippen LogP contribution in [0.15, 0.2) is 34.8 Å². The number of nitrogens with zero attached hydrogens (tertiary/aromatic N) is 1. The van der Waals surface area contributed by atoms with Gasteiger partial charge in [0.15, 0.2) is 11.5 Å². The molecule has 0 aromatic heterocycles. The maximum absolute atomic E-state index is 12.4. The van der Waals surface area contributed by atoms with Gasteiger partial charge in [-0.15, -0.1) is 0 Å². The summed E-state index contributed by atoms with van der Waals surface area (Å²) in [6.45, 7) is 3.10. The summed E-state index contributed by atoms with van der Waals surface area (Å²) < 4.78 is 11.6. The molecule has 1 aliphatic heterocycles. The Bertz CT molecular complexity index is 841. The standard InChI is InChI=1S/C20H24BrN3O3/c1-26-18-9-13-5-7-24(12-14(13)10-19(18)27-2)8-6-23-20(25)16-11-15(21)3-4-17(16)22/h3-4,9-11H,5-8,12,22H2,1-2H3,(H,23,25). The van der Waals surface area contributed by atoms with Gasteiger partial charge in [0, 0.05) is 36.3 Å². The molecular formula is C20H24BrN3O3. The highest BCUT2D eigenvalue weighted by Gasteiger charge is 2.19. The molecule has 0 atom stereocenters. The number of carbonyl (C=O) groups is 1. The Labute approximate surface area is 167 Å². The van der Waals surface area contributed by atoms with Crippen molar-refractivity contribution >= 4 is 27.5 Å². The van der Waals surface area contributed by atoms with Crippen LogP contribution in [0.3, 0.4) is 0 Å². The van der Waals surface area contributed by atoms with Crippen molar-refractivity contribution in [3.63, 3.8) is 0 Å². The Hall–Kier alpha value is -2.25. The van der Waals surface area contributed by atoms with Gasteiger partial charge >= 0.3 is 0 Å². The van der Waals surface area contributed by atoms with Crippen molar-refractivity contribution in [1.29, 1.82) is 0 Å². The van der Waals surface area contributed by atoms with Gasteiger partial charge in [-0.3, -0.25) is 9.69 Å². The van der Waals surface area contributed by atoms with Crippen LogP contribution in [0.25, 0.3) is 0 Å². The maximum atomic E-state index is 12.4. The molecule has 3 N–H and O–H groups in total. The van der Waals surface area contributed by atoms with Crippen molar-refractivity contribution < 1.29 is 14.3 Å². The first kappa shape index (κ1) is 19.5. The fourth-order valence-corrected chi connectivity index (χ4v) is 3.64. The predicted molar refractivity (Wildman–Crippen MR) is 109 cm³/mol. The minimum atomic E-state index is -0.155. The van der Waals surface area contributed by atoms with E-state index in [0.29, 0.717) is 17.8 Å². The summed E-state index contributed by atoms with van der Waals surface area (Å²) >= 11 is 3.37. The van der Waals surface area contributed by atoms with Crippen LogP contribution in [-0.2, 0) is 13.0 Å². The van der Waals surface area contributed by atoms with E-state index < -0.39 is 0 Å². The molecule has 6 nitrogen and oxygen atoms in total. The molecule has 1 heterocycles. The van der Waals surface area contributed by atoms with Crippen LogP contribution in [-0.4, -0.2) is 44.7 Å². The van der Waals surface area contributed by atoms with Crippen LogP contribution in [0.5, 0.6) is 11.5 Å². The van der Waals surface area contributed by atoms with Gasteiger partial charge in [-0.05, 0) is 47.9 Å². The minimum absolute atomic E-state index is 0.155. The quantitative estimate of drug-likeness (QED) is 0.684. The summed E-state index contributed by atoms with van der Waals surface area (Å²) in [6.07, 6.45) is 0.947. The SMILES string of the molecule is COc1cc2c(cc1OC)CN(CCNC(=O)c1cc(Br)ccc1N)CC2. The molecule has 0 saturated heterocycles. The van der Waals surface area contributed by atoms with Crippen LogP contribution in [0.2, 0.25) is 0 Å². The van der Waals surface area contributed by atoms with E-state index in [1.807, 2.05) is 12.1 Å². The molecule has 7 heteroatoms. The monoisotopic (exact) mass is 433 g/mol. The fraction of sp³-hybridized carbons (Fsp3) is 0.350. The predicted octanol–water partition coefficient (Wildman–Crippen LogP) is 2.84. The largest absolute Gasteiger partial charge is 0.493 e. The van der Waals surface area contributed by atoms with Gasteiger partial charge in [-0.2, -0.15) is 0 Å². The number of hydrogen-bond donors (Lipinski definition) is 2. The zero-order valence-electron chi connectivity index (χ0n) is 15.5. The van der Waals surface area contributed by atoms with Gasteiger partial charge in [0.1, 0.15) is 0 Å². The van der Waals surface area contributed by atoms with Crippen molar-refractivity contribution in [1.82, 2.24) is 10.2 Å². The van der Waals surface area contributed by atoms with Gasteiger partial charge in [0.05, 0.1) is 19.8 Å². The van der Waals surface area contributed by atoms with E-state index in [0.717, 1.165) is 42.0 Å². The lowest BCUT2D eigenvalue weighted by atomic mass is 9.99. The highest BCUT2D eigenvalue weighted by atomic mass is 79.9. The van der Waals surface area contributed by atoms with Gasteiger partial charge in [0.25, 0.3) is 5.91 Å². The zero-order valence-corrected chi connectivity index (χ0v) is 17.1. The minimum Gasteiger partial charge on any atom is -0.493 e. The van der Waals surface area contributed by atoms with E-state index in [1.165, 1.54) is 11.1 Å². The number of fused-ring (bicyclic) bond motifs is 1. The molecule has 2 aromatic carbocycles. The smallest absolute Gasteiger partial charge is 0.253 e. The summed E-state index contributed by atoms with van der Waals surface area (Å²) in [5, 5.41) is 2.95. The topological polar surface area (TPSA) is 76.8 Å². The van der Waals surface area contributed by atoms with Gasteiger partial charge in [-0.1, -0.05) is 15.9 Å². The second-order valence-corrected chi connectivity index (χ2v) is 7.41. The molecule has 0 unspecified atom stereocenters. The first-order valence-electron chi connectivity index (χ1n) is 8.81. The lowest BCUT2D eigenvalue weighted by Crippen LogP contribution is -2.38. The lowest BCUT2D eigenvalue weighted by molar-refractivity contribution is 0.0948. The van der Waals surface area contributed by atoms with Crippen molar-refractivity contribution in [3.05, 3.63) is 51.5 Å². The van der Waals surface area contributed by atoms with Crippen LogP contribution in [0, 0.1) is 0 Å². The molecule has 0 bridgehead atoms. The number of halogens is 1. The number of methoxy groups -OCH3 is 2. The summed E-state index contributed by atoms with van der Waals surface area (Å²) in [5.74, 6) is 1.36. The molecular weight excluding hydrogens is 410 g/mol. The molecule has 0 aliphatic carbocycles. The number of rotatable bonds is 6. The Morgan fingerprint density at radius 1 is 1.19 bits per heavy atom. The van der Waals surface area contributed by atoms with Crippen molar-refractivity contribution in [2.45, 2.75) is 13.0 Å². The molecule has 0 fully saturated rings. The molecule has 144 valence electrons. The number of ether oxygens (including phenoxy) is 2. The highest BCUT2D eigenvalue weighted by Crippen LogP contribution is 2.33. The maximum Gasteiger partial charge on any atom is 0.253 e. The Morgan fingerprint density at radius 3 is 2.59 bits per heavy atom. The Morgan fingerprint density at radius 2 is 1.89 bits per heavy atom. The second kappa shape index (κ2) is 8.63. The van der Waals surface area contributed by atoms with Crippen LogP contribution >= 0.6 is 15.9 Å².